The summed E-state index contributed by atoms with van der Waals surface area (Å²) in [5.41, 5.74) is 1.12. The summed E-state index contributed by atoms with van der Waals surface area (Å²) >= 11 is 0. The standard InChI is InChI=1S/C17H22BN3O4S/c18-14-10-13(2-3-15(14)20-6-1-7-20)26(23,24)19-11-16(22)21-8-9-25-17(12-21)4-5-17/h2-3,10,19H,1,4-9,11-12H2. The van der Waals surface area contributed by atoms with Gasteiger partial charge in [-0.15, -0.1) is 0 Å². The summed E-state index contributed by atoms with van der Waals surface area (Å²) < 4.78 is 33.1. The average molecular weight is 375 g/mol. The van der Waals surface area contributed by atoms with E-state index in [4.69, 9.17) is 12.6 Å². The van der Waals surface area contributed by atoms with E-state index in [1.807, 2.05) is 0 Å². The van der Waals surface area contributed by atoms with Gasteiger partial charge in [0.1, 0.15) is 7.85 Å². The Morgan fingerprint density at radius 3 is 2.65 bits per heavy atom. The number of benzene rings is 1. The summed E-state index contributed by atoms with van der Waals surface area (Å²) in [6.07, 6.45) is 3.04. The van der Waals surface area contributed by atoms with Gasteiger partial charge in [0.15, 0.2) is 0 Å². The van der Waals surface area contributed by atoms with Crippen molar-refractivity contribution in [1.29, 1.82) is 0 Å². The molecule has 2 heterocycles. The molecule has 1 amide bonds. The zero-order valence-corrected chi connectivity index (χ0v) is 15.4. The molecule has 9 heteroatoms. The van der Waals surface area contributed by atoms with Gasteiger partial charge in [0.05, 0.1) is 23.6 Å². The maximum Gasteiger partial charge on any atom is 0.241 e. The minimum atomic E-state index is -3.79. The van der Waals surface area contributed by atoms with Gasteiger partial charge in [-0.05, 0) is 37.5 Å². The van der Waals surface area contributed by atoms with Crippen molar-refractivity contribution >= 4 is 34.9 Å². The van der Waals surface area contributed by atoms with Crippen molar-refractivity contribution in [3.05, 3.63) is 18.2 Å². The van der Waals surface area contributed by atoms with Crippen molar-refractivity contribution in [2.24, 2.45) is 0 Å². The molecule has 0 unspecified atom stereocenters. The Bertz CT molecular complexity index is 821. The molecular weight excluding hydrogens is 353 g/mol. The van der Waals surface area contributed by atoms with Gasteiger partial charge in [0, 0.05) is 31.9 Å². The van der Waals surface area contributed by atoms with Crippen LogP contribution in [0.3, 0.4) is 0 Å². The number of carbonyl (C=O) groups is 1. The third kappa shape index (κ3) is 3.48. The maximum atomic E-state index is 12.5. The first kappa shape index (κ1) is 17.8. The maximum absolute atomic E-state index is 12.5. The number of morpholine rings is 1. The average Bonchev–Trinajstić information content (AvgIpc) is 3.31. The quantitative estimate of drug-likeness (QED) is 0.693. The number of sulfonamides is 1. The zero-order valence-electron chi connectivity index (χ0n) is 14.6. The second-order valence-corrected chi connectivity index (χ2v) is 9.00. The first-order valence-electron chi connectivity index (χ1n) is 8.95. The summed E-state index contributed by atoms with van der Waals surface area (Å²) in [6.45, 7) is 3.16. The van der Waals surface area contributed by atoms with E-state index in [0.717, 1.165) is 38.0 Å². The molecule has 3 aliphatic rings. The van der Waals surface area contributed by atoms with Crippen LogP contribution in [0.5, 0.6) is 0 Å². The first-order valence-corrected chi connectivity index (χ1v) is 10.4. The van der Waals surface area contributed by atoms with E-state index in [0.29, 0.717) is 25.2 Å². The molecule has 1 spiro atoms. The van der Waals surface area contributed by atoms with Crippen LogP contribution >= 0.6 is 0 Å². The molecule has 1 aliphatic carbocycles. The molecule has 2 radical (unpaired) electrons. The highest BCUT2D eigenvalue weighted by molar-refractivity contribution is 7.89. The van der Waals surface area contributed by atoms with Crippen LogP contribution in [0.15, 0.2) is 23.1 Å². The minimum Gasteiger partial charge on any atom is -0.372 e. The highest BCUT2D eigenvalue weighted by Gasteiger charge is 2.48. The van der Waals surface area contributed by atoms with E-state index in [2.05, 4.69) is 9.62 Å². The highest BCUT2D eigenvalue weighted by atomic mass is 32.2. The van der Waals surface area contributed by atoms with Gasteiger partial charge >= 0.3 is 0 Å². The monoisotopic (exact) mass is 375 g/mol. The Balaban J connectivity index is 1.39. The van der Waals surface area contributed by atoms with Gasteiger partial charge < -0.3 is 14.5 Å². The van der Waals surface area contributed by atoms with Gasteiger partial charge in [-0.25, -0.2) is 13.1 Å². The molecular formula is C17H22BN3O4S. The van der Waals surface area contributed by atoms with E-state index >= 15 is 0 Å². The fourth-order valence-corrected chi connectivity index (χ4v) is 4.41. The number of carbonyl (C=O) groups excluding carboxylic acids is 1. The van der Waals surface area contributed by atoms with Crippen LogP contribution in [0, 0.1) is 0 Å². The second-order valence-electron chi connectivity index (χ2n) is 7.23. The SMILES string of the molecule is [B]c1cc(S(=O)(=O)NCC(=O)N2CCOC3(CC3)C2)ccc1N1CCC1. The van der Waals surface area contributed by atoms with Gasteiger partial charge in [0.25, 0.3) is 0 Å². The summed E-state index contributed by atoms with van der Waals surface area (Å²) in [5, 5.41) is 0. The Morgan fingerprint density at radius 2 is 2.04 bits per heavy atom. The van der Waals surface area contributed by atoms with Crippen LogP contribution in [0.2, 0.25) is 0 Å². The summed E-state index contributed by atoms with van der Waals surface area (Å²) in [7, 11) is 2.23. The fraction of sp³-hybridized carbons (Fsp3) is 0.588. The molecule has 1 aromatic rings. The molecule has 1 aromatic carbocycles. The number of amides is 1. The van der Waals surface area contributed by atoms with Gasteiger partial charge in [-0.1, -0.05) is 5.46 Å². The van der Waals surface area contributed by atoms with E-state index in [-0.39, 0.29) is 22.9 Å². The van der Waals surface area contributed by atoms with Crippen molar-refractivity contribution in [3.8, 4) is 0 Å². The number of anilines is 1. The largest absolute Gasteiger partial charge is 0.372 e. The number of nitrogens with one attached hydrogen (secondary N) is 1. The predicted octanol–water partition coefficient (Wildman–Crippen LogP) is -0.640. The number of hydrogen-bond acceptors (Lipinski definition) is 5. The molecule has 26 heavy (non-hydrogen) atoms. The van der Waals surface area contributed by atoms with Crippen LogP contribution in [0.25, 0.3) is 0 Å². The summed E-state index contributed by atoms with van der Waals surface area (Å²) in [4.78, 5) is 16.2. The van der Waals surface area contributed by atoms with E-state index in [1.54, 1.807) is 11.0 Å². The van der Waals surface area contributed by atoms with Crippen LogP contribution in [-0.2, 0) is 19.6 Å². The molecule has 3 fully saturated rings. The molecule has 0 atom stereocenters. The van der Waals surface area contributed by atoms with Gasteiger partial charge in [-0.3, -0.25) is 4.79 Å². The first-order chi connectivity index (χ1) is 12.4. The van der Waals surface area contributed by atoms with Crippen molar-refractivity contribution in [2.75, 3.05) is 44.2 Å². The fourth-order valence-electron chi connectivity index (χ4n) is 3.40. The summed E-state index contributed by atoms with van der Waals surface area (Å²) in [6, 6.07) is 4.71. The molecule has 1 saturated carbocycles. The Hall–Kier alpha value is -1.58. The Labute approximate surface area is 155 Å². The van der Waals surface area contributed by atoms with Crippen LogP contribution in [0.1, 0.15) is 19.3 Å². The Morgan fingerprint density at radius 1 is 1.27 bits per heavy atom. The highest BCUT2D eigenvalue weighted by Crippen LogP contribution is 2.41. The third-order valence-electron chi connectivity index (χ3n) is 5.33. The lowest BCUT2D eigenvalue weighted by molar-refractivity contribution is -0.139. The number of hydrogen-bond donors (Lipinski definition) is 1. The molecule has 2 saturated heterocycles. The zero-order chi connectivity index (χ0) is 18.4. The van der Waals surface area contributed by atoms with Gasteiger partial charge in [0.2, 0.25) is 15.9 Å². The predicted molar refractivity (Wildman–Crippen MR) is 98.3 cm³/mol. The molecule has 4 rings (SSSR count). The molecule has 138 valence electrons. The molecule has 0 bridgehead atoms. The molecule has 1 N–H and O–H groups in total. The van der Waals surface area contributed by atoms with Crippen molar-refractivity contribution in [3.63, 3.8) is 0 Å². The van der Waals surface area contributed by atoms with Crippen LogP contribution < -0.4 is 15.1 Å². The summed E-state index contributed by atoms with van der Waals surface area (Å²) in [5.74, 6) is -0.228. The van der Waals surface area contributed by atoms with E-state index in [1.165, 1.54) is 12.1 Å². The van der Waals surface area contributed by atoms with Crippen molar-refractivity contribution in [2.45, 2.75) is 29.8 Å². The normalized spacial score (nSPS) is 21.5. The lowest BCUT2D eigenvalue weighted by Crippen LogP contribution is -2.50. The van der Waals surface area contributed by atoms with Gasteiger partial charge in [-0.2, -0.15) is 0 Å². The van der Waals surface area contributed by atoms with E-state index in [9.17, 15) is 13.2 Å². The minimum absolute atomic E-state index is 0.0766. The van der Waals surface area contributed by atoms with Crippen LogP contribution in [0.4, 0.5) is 5.69 Å². The number of nitrogens with zero attached hydrogens (tertiary/aromatic N) is 2. The lowest BCUT2D eigenvalue weighted by Gasteiger charge is -2.34. The third-order valence-corrected chi connectivity index (χ3v) is 6.73. The molecule has 2 aliphatic heterocycles. The Kier molecular flexibility index (Phi) is 4.49. The molecule has 0 aromatic heterocycles. The number of ether oxygens (including phenoxy) is 1. The van der Waals surface area contributed by atoms with E-state index < -0.39 is 10.0 Å². The number of rotatable bonds is 5. The topological polar surface area (TPSA) is 79.0 Å². The molecule has 7 nitrogen and oxygen atoms in total. The smallest absolute Gasteiger partial charge is 0.241 e. The van der Waals surface area contributed by atoms with Crippen LogP contribution in [-0.4, -0.2) is 72.0 Å². The second kappa shape index (κ2) is 6.54. The lowest BCUT2D eigenvalue weighted by atomic mass is 9.92. The van der Waals surface area contributed by atoms with Crippen molar-refractivity contribution < 1.29 is 17.9 Å². The van der Waals surface area contributed by atoms with Crippen molar-refractivity contribution in [1.82, 2.24) is 9.62 Å².